The van der Waals surface area contributed by atoms with Crippen molar-refractivity contribution in [2.45, 2.75) is 27.7 Å². The summed E-state index contributed by atoms with van der Waals surface area (Å²) in [6, 6.07) is 16.1. The van der Waals surface area contributed by atoms with Gasteiger partial charge in [-0.05, 0) is 62.1 Å². The molecule has 0 saturated carbocycles. The van der Waals surface area contributed by atoms with Gasteiger partial charge in [0, 0.05) is 0 Å². The molecule has 4 rings (SSSR count). The average molecular weight is 381 g/mol. The van der Waals surface area contributed by atoms with Crippen LogP contribution in [-0.4, -0.2) is 9.97 Å². The molecule has 0 aliphatic heterocycles. The number of rotatable bonds is 0. The summed E-state index contributed by atoms with van der Waals surface area (Å²) in [7, 11) is 0. The second-order valence-electron chi connectivity index (χ2n) is 6.57. The fourth-order valence-electron chi connectivity index (χ4n) is 2.82. The predicted octanol–water partition coefficient (Wildman–Crippen LogP) is 5.29. The summed E-state index contributed by atoms with van der Waals surface area (Å²) in [6.45, 7) is 8.19. The zero-order valence-corrected chi connectivity index (χ0v) is 16.9. The second-order valence-corrected chi connectivity index (χ2v) is 6.57. The van der Waals surface area contributed by atoms with Gasteiger partial charge in [0.25, 0.3) is 0 Å². The summed E-state index contributed by atoms with van der Waals surface area (Å²) in [6.07, 6.45) is 0. The molecular formula is C22H25ClN4. The largest absolute Gasteiger partial charge is 0.397 e. The lowest BCUT2D eigenvalue weighted by molar-refractivity contribution is 1.31. The minimum absolute atomic E-state index is 0. The molecule has 140 valence electrons. The lowest BCUT2D eigenvalue weighted by Gasteiger charge is -2.12. The van der Waals surface area contributed by atoms with E-state index in [1.807, 2.05) is 38.1 Å². The van der Waals surface area contributed by atoms with E-state index in [2.05, 4.69) is 48.1 Å². The Kier molecular flexibility index (Phi) is 6.24. The smallest absolute Gasteiger partial charge is 0.115 e. The predicted molar refractivity (Wildman–Crippen MR) is 119 cm³/mol. The Labute approximate surface area is 166 Å². The Bertz CT molecular complexity index is 1020. The monoisotopic (exact) mass is 380 g/mol. The Morgan fingerprint density at radius 1 is 0.593 bits per heavy atom. The zero-order chi connectivity index (χ0) is 18.8. The molecule has 0 radical (unpaired) electrons. The van der Waals surface area contributed by atoms with E-state index in [9.17, 15) is 0 Å². The molecule has 0 aliphatic rings. The van der Waals surface area contributed by atoms with E-state index in [-0.39, 0.29) is 12.4 Å². The first kappa shape index (κ1) is 20.5. The number of aryl methyl sites for hydroxylation is 3. The van der Waals surface area contributed by atoms with Crippen molar-refractivity contribution in [2.75, 3.05) is 11.5 Å². The highest BCUT2D eigenvalue weighted by Gasteiger charge is 2.13. The molecule has 4 N–H and O–H groups in total. The van der Waals surface area contributed by atoms with Gasteiger partial charge >= 0.3 is 0 Å². The summed E-state index contributed by atoms with van der Waals surface area (Å²) in [5.41, 5.74) is 21.1. The van der Waals surface area contributed by atoms with Crippen LogP contribution in [0.15, 0.2) is 48.5 Å². The molecule has 0 bridgehead atoms. The molecule has 27 heavy (non-hydrogen) atoms. The van der Waals surface area contributed by atoms with E-state index in [1.54, 1.807) is 0 Å². The van der Waals surface area contributed by atoms with Crippen molar-refractivity contribution in [2.24, 2.45) is 0 Å². The van der Waals surface area contributed by atoms with Gasteiger partial charge in [0.15, 0.2) is 0 Å². The lowest BCUT2D eigenvalue weighted by Crippen LogP contribution is -2.03. The molecule has 0 saturated heterocycles. The van der Waals surface area contributed by atoms with Crippen molar-refractivity contribution in [3.05, 3.63) is 70.8 Å². The second kappa shape index (κ2) is 8.23. The number of anilines is 2. The highest BCUT2D eigenvalue weighted by atomic mass is 35.5. The number of nitrogens with zero attached hydrogens (tertiary/aromatic N) is 2. The number of nitrogen functional groups attached to an aromatic ring is 2. The van der Waals surface area contributed by atoms with Gasteiger partial charge in [0.05, 0.1) is 27.9 Å². The number of hydrogen-bond donors (Lipinski definition) is 2. The summed E-state index contributed by atoms with van der Waals surface area (Å²) < 4.78 is 0. The van der Waals surface area contributed by atoms with Crippen LogP contribution in [-0.2, 0) is 0 Å². The van der Waals surface area contributed by atoms with Gasteiger partial charge in [0.2, 0.25) is 0 Å². The molecule has 1 heterocycles. The molecule has 0 aliphatic carbocycles. The van der Waals surface area contributed by atoms with Crippen LogP contribution >= 0.6 is 12.4 Å². The highest BCUT2D eigenvalue weighted by molar-refractivity contribution is 6.00. The Balaban J connectivity index is 0.000000247. The number of para-hydroxylation sites is 2. The molecule has 0 unspecified atom stereocenters. The van der Waals surface area contributed by atoms with Gasteiger partial charge in [-0.3, -0.25) is 0 Å². The summed E-state index contributed by atoms with van der Waals surface area (Å²) in [5, 5.41) is 0. The van der Waals surface area contributed by atoms with E-state index in [0.717, 1.165) is 27.7 Å². The standard InChI is InChI=1S/C14H14N4.C8H10.ClH/c1-7-8(2)13-14(12(16)11(7)15)18-10-6-4-3-5-9(10)17-13;1-7-5-3-4-6-8(7)2;/h3-6H,15-16H2,1-2H3;3-6H,1-2H3;1H. The number of fused-ring (bicyclic) bond motifs is 2. The first-order chi connectivity index (χ1) is 12.4. The SMILES string of the molecule is Cc1c(N)c(N)c2nc3ccccc3nc2c1C.Cc1ccccc1C.Cl. The van der Waals surface area contributed by atoms with E-state index < -0.39 is 0 Å². The van der Waals surface area contributed by atoms with E-state index in [0.29, 0.717) is 16.9 Å². The fraction of sp³-hybridized carbons (Fsp3) is 0.182. The number of benzene rings is 3. The topological polar surface area (TPSA) is 77.8 Å². The molecule has 4 aromatic rings. The molecular weight excluding hydrogens is 356 g/mol. The van der Waals surface area contributed by atoms with Gasteiger partial charge in [0.1, 0.15) is 5.52 Å². The Morgan fingerprint density at radius 2 is 1.04 bits per heavy atom. The summed E-state index contributed by atoms with van der Waals surface area (Å²) >= 11 is 0. The molecule has 1 aromatic heterocycles. The van der Waals surface area contributed by atoms with Crippen LogP contribution in [0, 0.1) is 27.7 Å². The van der Waals surface area contributed by atoms with Crippen molar-refractivity contribution < 1.29 is 0 Å². The average Bonchev–Trinajstić information content (AvgIpc) is 2.66. The first-order valence-electron chi connectivity index (χ1n) is 8.63. The van der Waals surface area contributed by atoms with Crippen LogP contribution in [0.25, 0.3) is 22.1 Å². The number of halogens is 1. The summed E-state index contributed by atoms with van der Waals surface area (Å²) in [4.78, 5) is 9.21. The van der Waals surface area contributed by atoms with Gasteiger partial charge in [-0.15, -0.1) is 12.4 Å². The van der Waals surface area contributed by atoms with Crippen LogP contribution in [0.4, 0.5) is 11.4 Å². The van der Waals surface area contributed by atoms with Crippen molar-refractivity contribution in [1.82, 2.24) is 9.97 Å². The number of aromatic nitrogens is 2. The maximum absolute atomic E-state index is 6.05. The van der Waals surface area contributed by atoms with Crippen molar-refractivity contribution in [3.63, 3.8) is 0 Å². The van der Waals surface area contributed by atoms with Crippen LogP contribution in [0.2, 0.25) is 0 Å². The third kappa shape index (κ3) is 3.96. The molecule has 0 atom stereocenters. The maximum atomic E-state index is 6.05. The van der Waals surface area contributed by atoms with Gasteiger partial charge < -0.3 is 11.5 Å². The third-order valence-corrected chi connectivity index (χ3v) is 4.86. The Morgan fingerprint density at radius 3 is 1.52 bits per heavy atom. The normalized spacial score (nSPS) is 10.2. The molecule has 5 heteroatoms. The van der Waals surface area contributed by atoms with Crippen molar-refractivity contribution in [1.29, 1.82) is 0 Å². The third-order valence-electron chi connectivity index (χ3n) is 4.86. The minimum atomic E-state index is 0. The first-order valence-corrected chi connectivity index (χ1v) is 8.63. The lowest BCUT2D eigenvalue weighted by atomic mass is 10.0. The van der Waals surface area contributed by atoms with Crippen LogP contribution in [0.5, 0.6) is 0 Å². The molecule has 4 nitrogen and oxygen atoms in total. The molecule has 0 amide bonds. The van der Waals surface area contributed by atoms with Crippen LogP contribution in [0.1, 0.15) is 22.3 Å². The molecule has 3 aromatic carbocycles. The highest BCUT2D eigenvalue weighted by Crippen LogP contribution is 2.32. The molecule has 0 fully saturated rings. The van der Waals surface area contributed by atoms with Crippen molar-refractivity contribution >= 4 is 45.8 Å². The maximum Gasteiger partial charge on any atom is 0.115 e. The van der Waals surface area contributed by atoms with Crippen LogP contribution < -0.4 is 11.5 Å². The van der Waals surface area contributed by atoms with Gasteiger partial charge in [-0.1, -0.05) is 36.4 Å². The molecule has 0 spiro atoms. The van der Waals surface area contributed by atoms with Crippen LogP contribution in [0.3, 0.4) is 0 Å². The van der Waals surface area contributed by atoms with Gasteiger partial charge in [-0.2, -0.15) is 0 Å². The number of hydrogen-bond acceptors (Lipinski definition) is 4. The number of nitrogens with two attached hydrogens (primary N) is 2. The fourth-order valence-corrected chi connectivity index (χ4v) is 2.82. The van der Waals surface area contributed by atoms with E-state index in [4.69, 9.17) is 11.5 Å². The zero-order valence-electron chi connectivity index (χ0n) is 16.1. The minimum Gasteiger partial charge on any atom is -0.397 e. The quantitative estimate of drug-likeness (QED) is 0.321. The van der Waals surface area contributed by atoms with Crippen molar-refractivity contribution in [3.8, 4) is 0 Å². The Hall–Kier alpha value is -2.85. The van der Waals surface area contributed by atoms with E-state index >= 15 is 0 Å². The van der Waals surface area contributed by atoms with E-state index in [1.165, 1.54) is 11.1 Å². The summed E-state index contributed by atoms with van der Waals surface area (Å²) in [5.74, 6) is 0. The van der Waals surface area contributed by atoms with Gasteiger partial charge in [-0.25, -0.2) is 9.97 Å².